The molecular weight excluding hydrogens is 486 g/mol. The Labute approximate surface area is 215 Å². The van der Waals surface area contributed by atoms with Gasteiger partial charge in [0.15, 0.2) is 0 Å². The molecule has 0 aliphatic rings. The Bertz CT molecular complexity index is 1680. The van der Waals surface area contributed by atoms with Crippen molar-refractivity contribution in [1.82, 2.24) is 9.55 Å². The molecule has 0 aliphatic heterocycles. The Morgan fingerprint density at radius 2 is 1.51 bits per heavy atom. The number of benzene rings is 4. The fourth-order valence-electron chi connectivity index (χ4n) is 4.21. The van der Waals surface area contributed by atoms with E-state index >= 15 is 0 Å². The van der Waals surface area contributed by atoms with Crippen LogP contribution in [0, 0.1) is 6.92 Å². The number of fused-ring (bicyclic) bond motifs is 1. The van der Waals surface area contributed by atoms with E-state index in [0.29, 0.717) is 30.0 Å². The molecule has 37 heavy (non-hydrogen) atoms. The molecule has 0 atom stereocenters. The molecule has 0 saturated carbocycles. The second-order valence-electron chi connectivity index (χ2n) is 8.68. The van der Waals surface area contributed by atoms with Gasteiger partial charge in [0, 0.05) is 6.54 Å². The van der Waals surface area contributed by atoms with Gasteiger partial charge in [-0.1, -0.05) is 60.7 Å². The van der Waals surface area contributed by atoms with Crippen LogP contribution in [0.2, 0.25) is 0 Å². The first-order valence-electron chi connectivity index (χ1n) is 11.7. The molecule has 5 aromatic rings. The van der Waals surface area contributed by atoms with Crippen LogP contribution >= 0.6 is 0 Å². The van der Waals surface area contributed by atoms with Crippen molar-refractivity contribution in [1.29, 1.82) is 0 Å². The average Bonchev–Trinajstić information content (AvgIpc) is 3.23. The molecule has 0 bridgehead atoms. The van der Waals surface area contributed by atoms with Crippen LogP contribution in [0.25, 0.3) is 11.0 Å². The Kier molecular flexibility index (Phi) is 6.50. The van der Waals surface area contributed by atoms with Crippen LogP contribution < -0.4 is 10.5 Å². The number of sulfone groups is 1. The lowest BCUT2D eigenvalue weighted by Crippen LogP contribution is -2.13. The number of aromatic nitrogens is 2. The van der Waals surface area contributed by atoms with Gasteiger partial charge < -0.3 is 15.0 Å². The average molecular weight is 512 g/mol. The number of nitrogens with zero attached hydrogens (tertiary/aromatic N) is 2. The highest BCUT2D eigenvalue weighted by atomic mass is 32.2. The van der Waals surface area contributed by atoms with Crippen LogP contribution in [0.1, 0.15) is 27.3 Å². The van der Waals surface area contributed by atoms with E-state index in [4.69, 9.17) is 10.5 Å². The molecule has 0 aliphatic carbocycles. The number of hydrogen-bond donors (Lipinski definition) is 1. The van der Waals surface area contributed by atoms with E-state index in [-0.39, 0.29) is 15.4 Å². The third-order valence-electron chi connectivity index (χ3n) is 6.16. The minimum absolute atomic E-state index is 0.00851. The molecule has 5 rings (SSSR count). The first kappa shape index (κ1) is 24.3. The van der Waals surface area contributed by atoms with E-state index in [1.54, 1.807) is 24.3 Å². The Morgan fingerprint density at radius 3 is 2.16 bits per heavy atom. The lowest BCUT2D eigenvalue weighted by atomic mass is 10.1. The van der Waals surface area contributed by atoms with Crippen LogP contribution in [0.3, 0.4) is 0 Å². The van der Waals surface area contributed by atoms with Crippen molar-refractivity contribution in [3.63, 3.8) is 0 Å². The molecule has 0 fully saturated rings. The van der Waals surface area contributed by atoms with Gasteiger partial charge in [-0.15, -0.1) is 0 Å². The predicted octanol–water partition coefficient (Wildman–Crippen LogP) is 4.90. The maximum atomic E-state index is 13.3. The van der Waals surface area contributed by atoms with Crippen molar-refractivity contribution in [3.05, 3.63) is 120 Å². The zero-order valence-electron chi connectivity index (χ0n) is 20.2. The van der Waals surface area contributed by atoms with Crippen molar-refractivity contribution < 1.29 is 17.9 Å². The first-order chi connectivity index (χ1) is 17.8. The van der Waals surface area contributed by atoms with Gasteiger partial charge in [0.1, 0.15) is 23.7 Å². The number of carbonyl (C=O) groups is 1. The zero-order valence-corrected chi connectivity index (χ0v) is 21.0. The van der Waals surface area contributed by atoms with Crippen molar-refractivity contribution in [2.24, 2.45) is 5.73 Å². The maximum Gasteiger partial charge on any atom is 0.251 e. The molecule has 4 aromatic carbocycles. The SMILES string of the molecule is Cc1nc2c(C(N)=O)cc(S(=O)(=O)c3ccccc3)cc2n1Cc1ccc(OCc2ccccc2)cc1. The molecular formula is C29H25N3O4S. The molecule has 1 aromatic heterocycles. The third kappa shape index (κ3) is 4.96. The lowest BCUT2D eigenvalue weighted by Gasteiger charge is -2.11. The van der Waals surface area contributed by atoms with Crippen LogP contribution in [0.15, 0.2) is 107 Å². The highest BCUT2D eigenvalue weighted by Crippen LogP contribution is 2.29. The van der Waals surface area contributed by atoms with Gasteiger partial charge in [0.2, 0.25) is 9.84 Å². The minimum Gasteiger partial charge on any atom is -0.489 e. The third-order valence-corrected chi connectivity index (χ3v) is 7.91. The quantitative estimate of drug-likeness (QED) is 0.319. The largest absolute Gasteiger partial charge is 0.489 e. The summed E-state index contributed by atoms with van der Waals surface area (Å²) >= 11 is 0. The number of primary amides is 1. The summed E-state index contributed by atoms with van der Waals surface area (Å²) in [6, 6.07) is 28.6. The first-order valence-corrected chi connectivity index (χ1v) is 13.2. The van der Waals surface area contributed by atoms with Crippen molar-refractivity contribution in [3.8, 4) is 5.75 Å². The van der Waals surface area contributed by atoms with Gasteiger partial charge in [-0.05, 0) is 54.4 Å². The second kappa shape index (κ2) is 9.91. The van der Waals surface area contributed by atoms with Gasteiger partial charge in [0.05, 0.1) is 20.9 Å². The molecule has 186 valence electrons. The van der Waals surface area contributed by atoms with Gasteiger partial charge in [0.25, 0.3) is 5.91 Å². The van der Waals surface area contributed by atoms with Crippen molar-refractivity contribution in [2.75, 3.05) is 0 Å². The molecule has 0 saturated heterocycles. The van der Waals surface area contributed by atoms with Gasteiger partial charge in [-0.2, -0.15) is 0 Å². The van der Waals surface area contributed by atoms with E-state index in [2.05, 4.69) is 4.98 Å². The Balaban J connectivity index is 1.48. The summed E-state index contributed by atoms with van der Waals surface area (Å²) in [5.41, 5.74) is 8.64. The van der Waals surface area contributed by atoms with Crippen LogP contribution in [-0.4, -0.2) is 23.9 Å². The highest BCUT2D eigenvalue weighted by molar-refractivity contribution is 7.91. The molecule has 1 heterocycles. The van der Waals surface area contributed by atoms with E-state index in [0.717, 1.165) is 16.9 Å². The summed E-state index contributed by atoms with van der Waals surface area (Å²) in [6.45, 7) is 2.71. The Morgan fingerprint density at radius 1 is 0.865 bits per heavy atom. The molecule has 7 nitrogen and oxygen atoms in total. The normalized spacial score (nSPS) is 11.5. The number of aryl methyl sites for hydroxylation is 1. The van der Waals surface area contributed by atoms with Crippen LogP contribution in [0.4, 0.5) is 0 Å². The summed E-state index contributed by atoms with van der Waals surface area (Å²) in [5, 5.41) is 0. The summed E-state index contributed by atoms with van der Waals surface area (Å²) in [6.07, 6.45) is 0. The summed E-state index contributed by atoms with van der Waals surface area (Å²) in [5.74, 6) is 0.642. The summed E-state index contributed by atoms with van der Waals surface area (Å²) < 4.78 is 34.4. The number of ether oxygens (including phenoxy) is 1. The Hall–Kier alpha value is -4.43. The van der Waals surface area contributed by atoms with Gasteiger partial charge in [-0.25, -0.2) is 13.4 Å². The number of hydrogen-bond acceptors (Lipinski definition) is 5. The van der Waals surface area contributed by atoms with E-state index in [9.17, 15) is 13.2 Å². The fourth-order valence-corrected chi connectivity index (χ4v) is 5.53. The zero-order chi connectivity index (χ0) is 26.0. The van der Waals surface area contributed by atoms with E-state index in [1.165, 1.54) is 18.2 Å². The number of carbonyl (C=O) groups excluding carboxylic acids is 1. The number of rotatable bonds is 8. The summed E-state index contributed by atoms with van der Waals surface area (Å²) in [4.78, 5) is 17.0. The molecule has 0 unspecified atom stereocenters. The van der Waals surface area contributed by atoms with Gasteiger partial charge in [-0.3, -0.25) is 4.79 Å². The van der Waals surface area contributed by atoms with E-state index in [1.807, 2.05) is 66.1 Å². The number of imidazole rings is 1. The molecule has 0 radical (unpaired) electrons. The second-order valence-corrected chi connectivity index (χ2v) is 10.6. The molecule has 1 amide bonds. The van der Waals surface area contributed by atoms with E-state index < -0.39 is 15.7 Å². The summed E-state index contributed by atoms with van der Waals surface area (Å²) in [7, 11) is -3.87. The predicted molar refractivity (Wildman–Crippen MR) is 141 cm³/mol. The fraction of sp³-hybridized carbons (Fsp3) is 0.103. The highest BCUT2D eigenvalue weighted by Gasteiger charge is 2.23. The number of nitrogens with two attached hydrogens (primary N) is 1. The standard InChI is InChI=1S/C29H25N3O4S/c1-20-31-28-26(29(30)33)16-25(37(34,35)24-10-6-3-7-11-24)17-27(28)32(20)18-21-12-14-23(15-13-21)36-19-22-8-4-2-5-9-22/h2-17H,18-19H2,1H3,(H2,30,33). The smallest absolute Gasteiger partial charge is 0.251 e. The monoisotopic (exact) mass is 511 g/mol. The van der Waals surface area contributed by atoms with Crippen LogP contribution in [0.5, 0.6) is 5.75 Å². The molecule has 2 N–H and O–H groups in total. The van der Waals surface area contributed by atoms with Crippen molar-refractivity contribution >= 4 is 26.8 Å². The van der Waals surface area contributed by atoms with Gasteiger partial charge >= 0.3 is 0 Å². The maximum absolute atomic E-state index is 13.3. The minimum atomic E-state index is -3.87. The topological polar surface area (TPSA) is 104 Å². The van der Waals surface area contributed by atoms with Crippen LogP contribution in [-0.2, 0) is 23.0 Å². The molecule has 0 spiro atoms. The molecule has 8 heteroatoms. The lowest BCUT2D eigenvalue weighted by molar-refractivity contribution is 0.100. The number of amides is 1. The van der Waals surface area contributed by atoms with Crippen molar-refractivity contribution in [2.45, 2.75) is 29.9 Å².